The monoisotopic (exact) mass is 403 g/mol. The Kier molecular flexibility index (Phi) is 6.61. The van der Waals surface area contributed by atoms with E-state index < -0.39 is 5.91 Å². The van der Waals surface area contributed by atoms with E-state index in [9.17, 15) is 14.4 Å². The van der Waals surface area contributed by atoms with Crippen LogP contribution in [0.1, 0.15) is 36.6 Å². The average molecular weight is 404 g/mol. The van der Waals surface area contributed by atoms with E-state index in [1.165, 1.54) is 4.90 Å². The van der Waals surface area contributed by atoms with Gasteiger partial charge in [0.25, 0.3) is 5.91 Å². The van der Waals surface area contributed by atoms with Crippen molar-refractivity contribution in [2.45, 2.75) is 31.6 Å². The van der Waals surface area contributed by atoms with Gasteiger partial charge in [0.1, 0.15) is 0 Å². The summed E-state index contributed by atoms with van der Waals surface area (Å²) in [5.41, 5.74) is 0.949. The third-order valence-corrected chi connectivity index (χ3v) is 6.15. The molecule has 1 N–H and O–H groups in total. The Balaban J connectivity index is 1.59. The second-order valence-corrected chi connectivity index (χ2v) is 8.25. The Hall–Kier alpha value is -2.48. The smallest absolute Gasteiger partial charge is 0.310 e. The number of para-hydroxylation sites is 1. The second-order valence-electron chi connectivity index (χ2n) is 7.19. The molecule has 3 rings (SSSR count). The summed E-state index contributed by atoms with van der Waals surface area (Å²) in [6.07, 6.45) is 3.64. The van der Waals surface area contributed by atoms with E-state index in [-0.39, 0.29) is 36.9 Å². The van der Waals surface area contributed by atoms with Crippen LogP contribution in [0.15, 0.2) is 24.3 Å². The molecule has 1 fully saturated rings. The third kappa shape index (κ3) is 4.86. The molecule has 1 heterocycles. The average Bonchev–Trinajstić information content (AvgIpc) is 3.14. The van der Waals surface area contributed by atoms with E-state index in [0.29, 0.717) is 0 Å². The van der Waals surface area contributed by atoms with Crippen LogP contribution in [-0.2, 0) is 19.1 Å². The highest BCUT2D eigenvalue weighted by atomic mass is 32.1. The highest BCUT2D eigenvalue weighted by molar-refractivity contribution is 7.18. The van der Waals surface area contributed by atoms with Crippen molar-refractivity contribution in [2.75, 3.05) is 27.2 Å². The van der Waals surface area contributed by atoms with Crippen LogP contribution in [-0.4, -0.2) is 54.9 Å². The quantitative estimate of drug-likeness (QED) is 0.748. The molecule has 2 aromatic rings. The van der Waals surface area contributed by atoms with Gasteiger partial charge in [-0.3, -0.25) is 14.4 Å². The minimum Gasteiger partial charge on any atom is -0.455 e. The zero-order valence-corrected chi connectivity index (χ0v) is 17.0. The van der Waals surface area contributed by atoms with Crippen molar-refractivity contribution in [1.82, 2.24) is 15.2 Å². The molecule has 28 heavy (non-hydrogen) atoms. The maximum atomic E-state index is 12.6. The van der Waals surface area contributed by atoms with E-state index in [1.807, 2.05) is 24.3 Å². The van der Waals surface area contributed by atoms with Crippen molar-refractivity contribution in [1.29, 1.82) is 0 Å². The van der Waals surface area contributed by atoms with Crippen LogP contribution in [0.5, 0.6) is 0 Å². The number of benzene rings is 1. The summed E-state index contributed by atoms with van der Waals surface area (Å²) in [5.74, 6) is -1.32. The molecule has 8 heteroatoms. The molecule has 0 saturated heterocycles. The van der Waals surface area contributed by atoms with Crippen molar-refractivity contribution >= 4 is 39.3 Å². The van der Waals surface area contributed by atoms with Crippen LogP contribution in [0.4, 0.5) is 0 Å². The second kappa shape index (κ2) is 9.14. The number of ether oxygens (including phenoxy) is 1. The summed E-state index contributed by atoms with van der Waals surface area (Å²) >= 11 is 1.62. The van der Waals surface area contributed by atoms with E-state index in [4.69, 9.17) is 9.72 Å². The van der Waals surface area contributed by atoms with E-state index in [0.717, 1.165) is 40.9 Å². The third-order valence-electron chi connectivity index (χ3n) is 4.98. The summed E-state index contributed by atoms with van der Waals surface area (Å²) in [6, 6.07) is 7.95. The molecule has 1 aromatic heterocycles. The number of carbonyl (C=O) groups excluding carboxylic acids is 3. The first kappa shape index (κ1) is 20.3. The van der Waals surface area contributed by atoms with Crippen molar-refractivity contribution in [3.8, 4) is 0 Å². The van der Waals surface area contributed by atoms with Gasteiger partial charge in [-0.15, -0.1) is 11.3 Å². The maximum Gasteiger partial charge on any atom is 0.310 e. The van der Waals surface area contributed by atoms with Gasteiger partial charge >= 0.3 is 5.97 Å². The highest BCUT2D eigenvalue weighted by Crippen LogP contribution is 2.41. The van der Waals surface area contributed by atoms with Crippen molar-refractivity contribution in [3.63, 3.8) is 0 Å². The lowest BCUT2D eigenvalue weighted by molar-refractivity contribution is -0.154. The fourth-order valence-corrected chi connectivity index (χ4v) is 4.55. The first-order valence-electron chi connectivity index (χ1n) is 9.44. The summed E-state index contributed by atoms with van der Waals surface area (Å²) in [5, 5.41) is 3.43. The van der Waals surface area contributed by atoms with Crippen molar-refractivity contribution in [3.05, 3.63) is 29.3 Å². The molecule has 1 aliphatic carbocycles. The predicted octanol–water partition coefficient (Wildman–Crippen LogP) is 2.32. The SMILES string of the molecule is CN(C)C(=O)CNC(=O)COC(=O)[C@@H]1CCCC[C@H]1c1nc2ccccc2s1. The van der Waals surface area contributed by atoms with Gasteiger partial charge in [0.2, 0.25) is 5.91 Å². The molecule has 0 aliphatic heterocycles. The fourth-order valence-electron chi connectivity index (χ4n) is 3.38. The van der Waals surface area contributed by atoms with Crippen molar-refractivity contribution < 1.29 is 19.1 Å². The Bertz CT molecular complexity index is 831. The molecule has 1 saturated carbocycles. The largest absolute Gasteiger partial charge is 0.455 e. The van der Waals surface area contributed by atoms with Crippen molar-refractivity contribution in [2.24, 2.45) is 5.92 Å². The summed E-state index contributed by atoms with van der Waals surface area (Å²) < 4.78 is 6.37. The normalized spacial score (nSPS) is 19.2. The minimum atomic E-state index is -0.476. The summed E-state index contributed by atoms with van der Waals surface area (Å²) in [4.78, 5) is 42.1. The van der Waals surface area contributed by atoms with Gasteiger partial charge < -0.3 is 15.0 Å². The fraction of sp³-hybridized carbons (Fsp3) is 0.500. The molecule has 2 atom stereocenters. The first-order chi connectivity index (χ1) is 13.5. The lowest BCUT2D eigenvalue weighted by atomic mass is 9.79. The molecule has 0 bridgehead atoms. The predicted molar refractivity (Wildman–Crippen MR) is 107 cm³/mol. The Labute approximate surface area is 168 Å². The number of aromatic nitrogens is 1. The lowest BCUT2D eigenvalue weighted by Crippen LogP contribution is -2.38. The van der Waals surface area contributed by atoms with Crippen LogP contribution >= 0.6 is 11.3 Å². The van der Waals surface area contributed by atoms with E-state index >= 15 is 0 Å². The number of hydrogen-bond acceptors (Lipinski definition) is 6. The molecule has 1 aromatic carbocycles. The van der Waals surface area contributed by atoms with E-state index in [1.54, 1.807) is 25.4 Å². The number of nitrogens with one attached hydrogen (secondary N) is 1. The number of amides is 2. The molecular formula is C20H25N3O4S. The van der Waals surface area contributed by atoms with Crippen LogP contribution in [0.2, 0.25) is 0 Å². The van der Waals surface area contributed by atoms with Crippen LogP contribution in [0, 0.1) is 5.92 Å². The van der Waals surface area contributed by atoms with Crippen LogP contribution < -0.4 is 5.32 Å². The zero-order valence-electron chi connectivity index (χ0n) is 16.1. The standard InChI is InChI=1S/C20H25N3O4S/c1-23(2)18(25)11-21-17(24)12-27-20(26)14-8-4-3-7-13(14)19-22-15-9-5-6-10-16(15)28-19/h5-6,9-10,13-14H,3-4,7-8,11-12H2,1-2H3,(H,21,24)/t13-,14-/m1/s1. The van der Waals surface area contributed by atoms with Gasteiger partial charge in [0.15, 0.2) is 6.61 Å². The molecule has 2 amide bonds. The molecule has 0 radical (unpaired) electrons. The zero-order chi connectivity index (χ0) is 20.1. The molecule has 150 valence electrons. The summed E-state index contributed by atoms with van der Waals surface area (Å²) in [6.45, 7) is -0.482. The number of nitrogens with zero attached hydrogens (tertiary/aromatic N) is 2. The lowest BCUT2D eigenvalue weighted by Gasteiger charge is -2.28. The molecule has 0 spiro atoms. The Morgan fingerprint density at radius 2 is 1.96 bits per heavy atom. The van der Waals surface area contributed by atoms with Gasteiger partial charge in [-0.1, -0.05) is 25.0 Å². The van der Waals surface area contributed by atoms with Gasteiger partial charge in [-0.2, -0.15) is 0 Å². The number of thiazole rings is 1. The molecule has 0 unspecified atom stereocenters. The Morgan fingerprint density at radius 3 is 2.71 bits per heavy atom. The summed E-state index contributed by atoms with van der Waals surface area (Å²) in [7, 11) is 3.22. The number of likely N-dealkylation sites (N-methyl/N-ethyl adjacent to an activating group) is 1. The number of hydrogen-bond donors (Lipinski definition) is 1. The van der Waals surface area contributed by atoms with Gasteiger partial charge in [-0.25, -0.2) is 4.98 Å². The maximum absolute atomic E-state index is 12.6. The molecular weight excluding hydrogens is 378 g/mol. The van der Waals surface area contributed by atoms with Crippen LogP contribution in [0.25, 0.3) is 10.2 Å². The number of fused-ring (bicyclic) bond motifs is 1. The van der Waals surface area contributed by atoms with Gasteiger partial charge in [-0.05, 0) is 25.0 Å². The molecule has 7 nitrogen and oxygen atoms in total. The first-order valence-corrected chi connectivity index (χ1v) is 10.3. The van der Waals surface area contributed by atoms with Gasteiger partial charge in [0.05, 0.1) is 27.7 Å². The minimum absolute atomic E-state index is 0.0250. The number of rotatable bonds is 6. The highest BCUT2D eigenvalue weighted by Gasteiger charge is 2.35. The van der Waals surface area contributed by atoms with Gasteiger partial charge in [0, 0.05) is 20.0 Å². The molecule has 1 aliphatic rings. The Morgan fingerprint density at radius 1 is 1.21 bits per heavy atom. The topological polar surface area (TPSA) is 88.6 Å². The number of carbonyl (C=O) groups is 3. The number of esters is 1. The van der Waals surface area contributed by atoms with E-state index in [2.05, 4.69) is 5.32 Å². The van der Waals surface area contributed by atoms with Crippen LogP contribution in [0.3, 0.4) is 0 Å².